The Morgan fingerprint density at radius 1 is 1.43 bits per heavy atom. The molecule has 0 bridgehead atoms. The molecule has 0 aromatic carbocycles. The Hall–Kier alpha value is -0.930. The highest BCUT2D eigenvalue weighted by molar-refractivity contribution is 5.12. The van der Waals surface area contributed by atoms with E-state index in [1.807, 2.05) is 26.0 Å². The number of nitrogens with two attached hydrogens (primary N) is 1. The van der Waals surface area contributed by atoms with Gasteiger partial charge in [-0.1, -0.05) is 0 Å². The Morgan fingerprint density at radius 2 is 2.00 bits per heavy atom. The molecular formula is C11H18N2O. The van der Waals surface area contributed by atoms with Gasteiger partial charge in [0.2, 0.25) is 0 Å². The van der Waals surface area contributed by atoms with Crippen molar-refractivity contribution in [3.8, 4) is 0 Å². The van der Waals surface area contributed by atoms with Crippen LogP contribution in [0.15, 0.2) is 24.5 Å². The van der Waals surface area contributed by atoms with Crippen molar-refractivity contribution in [2.75, 3.05) is 7.11 Å². The fraction of sp³-hybridized carbons (Fsp3) is 0.545. The summed E-state index contributed by atoms with van der Waals surface area (Å²) in [4.78, 5) is 3.96. The van der Waals surface area contributed by atoms with Gasteiger partial charge in [0.1, 0.15) is 0 Å². The first kappa shape index (κ1) is 11.1. The number of hydrogen-bond acceptors (Lipinski definition) is 3. The van der Waals surface area contributed by atoms with Gasteiger partial charge < -0.3 is 10.5 Å². The molecule has 1 aromatic heterocycles. The largest absolute Gasteiger partial charge is 0.377 e. The summed E-state index contributed by atoms with van der Waals surface area (Å²) >= 11 is 0. The van der Waals surface area contributed by atoms with Gasteiger partial charge in [-0.15, -0.1) is 0 Å². The normalized spacial score (nSPS) is 14.0. The van der Waals surface area contributed by atoms with E-state index in [-0.39, 0.29) is 11.6 Å². The predicted molar refractivity (Wildman–Crippen MR) is 57.0 cm³/mol. The van der Waals surface area contributed by atoms with Gasteiger partial charge in [-0.3, -0.25) is 4.98 Å². The number of ether oxygens (including phenoxy) is 1. The van der Waals surface area contributed by atoms with E-state index in [9.17, 15) is 0 Å². The number of rotatable bonds is 4. The molecule has 1 atom stereocenters. The van der Waals surface area contributed by atoms with Crippen LogP contribution in [-0.2, 0) is 11.2 Å². The second-order valence-corrected chi connectivity index (χ2v) is 3.97. The van der Waals surface area contributed by atoms with Crippen LogP contribution in [0.2, 0.25) is 0 Å². The highest BCUT2D eigenvalue weighted by Gasteiger charge is 2.25. The van der Waals surface area contributed by atoms with Gasteiger partial charge in [-0.25, -0.2) is 0 Å². The third-order valence-electron chi connectivity index (χ3n) is 2.62. The van der Waals surface area contributed by atoms with Crippen molar-refractivity contribution in [3.05, 3.63) is 30.1 Å². The van der Waals surface area contributed by atoms with Gasteiger partial charge in [0.15, 0.2) is 0 Å². The topological polar surface area (TPSA) is 48.1 Å². The van der Waals surface area contributed by atoms with Crippen molar-refractivity contribution < 1.29 is 4.74 Å². The standard InChI is InChI=1S/C11H18N2O/c1-11(2,14-3)10(12)8-9-4-6-13-7-5-9/h4-7,10H,8,12H2,1-3H3. The highest BCUT2D eigenvalue weighted by Crippen LogP contribution is 2.15. The summed E-state index contributed by atoms with van der Waals surface area (Å²) in [5.74, 6) is 0. The molecule has 78 valence electrons. The number of hydrogen-bond donors (Lipinski definition) is 1. The number of aromatic nitrogens is 1. The van der Waals surface area contributed by atoms with Crippen molar-refractivity contribution in [2.24, 2.45) is 5.73 Å². The third kappa shape index (κ3) is 2.79. The lowest BCUT2D eigenvalue weighted by Crippen LogP contribution is -2.46. The van der Waals surface area contributed by atoms with E-state index >= 15 is 0 Å². The smallest absolute Gasteiger partial charge is 0.0776 e. The SMILES string of the molecule is COC(C)(C)C(N)Cc1ccncc1. The van der Waals surface area contributed by atoms with E-state index in [4.69, 9.17) is 10.5 Å². The van der Waals surface area contributed by atoms with Crippen LogP contribution in [0.3, 0.4) is 0 Å². The van der Waals surface area contributed by atoms with Crippen LogP contribution >= 0.6 is 0 Å². The lowest BCUT2D eigenvalue weighted by atomic mass is 9.93. The van der Waals surface area contributed by atoms with Gasteiger partial charge in [-0.2, -0.15) is 0 Å². The minimum absolute atomic E-state index is 0.00472. The van der Waals surface area contributed by atoms with E-state index < -0.39 is 0 Å². The number of methoxy groups -OCH3 is 1. The van der Waals surface area contributed by atoms with Gasteiger partial charge in [0, 0.05) is 25.5 Å². The quantitative estimate of drug-likeness (QED) is 0.787. The molecule has 0 amide bonds. The zero-order valence-electron chi connectivity index (χ0n) is 9.03. The van der Waals surface area contributed by atoms with Crippen LogP contribution in [-0.4, -0.2) is 23.7 Å². The van der Waals surface area contributed by atoms with E-state index in [0.29, 0.717) is 0 Å². The summed E-state index contributed by atoms with van der Waals surface area (Å²) in [6.45, 7) is 4.00. The van der Waals surface area contributed by atoms with Crippen LogP contribution in [0, 0.1) is 0 Å². The van der Waals surface area contributed by atoms with Gasteiger partial charge in [0.05, 0.1) is 5.60 Å². The molecule has 0 saturated heterocycles. The molecule has 0 aliphatic rings. The van der Waals surface area contributed by atoms with Crippen LogP contribution in [0.1, 0.15) is 19.4 Å². The van der Waals surface area contributed by atoms with Gasteiger partial charge >= 0.3 is 0 Å². The average Bonchev–Trinajstić information content (AvgIpc) is 2.19. The molecular weight excluding hydrogens is 176 g/mol. The van der Waals surface area contributed by atoms with E-state index in [2.05, 4.69) is 4.98 Å². The first-order valence-electron chi connectivity index (χ1n) is 4.76. The molecule has 2 N–H and O–H groups in total. The lowest BCUT2D eigenvalue weighted by molar-refractivity contribution is 0.000802. The van der Waals surface area contributed by atoms with Crippen molar-refractivity contribution in [1.82, 2.24) is 4.98 Å². The molecule has 0 spiro atoms. The molecule has 3 nitrogen and oxygen atoms in total. The molecule has 1 aromatic rings. The van der Waals surface area contributed by atoms with Crippen molar-refractivity contribution >= 4 is 0 Å². The first-order valence-corrected chi connectivity index (χ1v) is 4.76. The van der Waals surface area contributed by atoms with E-state index in [0.717, 1.165) is 6.42 Å². The highest BCUT2D eigenvalue weighted by atomic mass is 16.5. The number of pyridine rings is 1. The van der Waals surface area contributed by atoms with Crippen molar-refractivity contribution in [3.63, 3.8) is 0 Å². The summed E-state index contributed by atoms with van der Waals surface area (Å²) in [6, 6.07) is 3.95. The summed E-state index contributed by atoms with van der Waals surface area (Å²) in [6.07, 6.45) is 4.37. The van der Waals surface area contributed by atoms with Crippen molar-refractivity contribution in [1.29, 1.82) is 0 Å². The third-order valence-corrected chi connectivity index (χ3v) is 2.62. The molecule has 1 heterocycles. The van der Waals surface area contributed by atoms with Gasteiger partial charge in [-0.05, 0) is 38.0 Å². The first-order chi connectivity index (χ1) is 6.56. The van der Waals surface area contributed by atoms with Crippen LogP contribution in [0.25, 0.3) is 0 Å². The Labute approximate surface area is 85.3 Å². The molecule has 14 heavy (non-hydrogen) atoms. The van der Waals surface area contributed by atoms with Crippen LogP contribution < -0.4 is 5.73 Å². The Balaban J connectivity index is 2.62. The Bertz CT molecular complexity index is 272. The minimum atomic E-state index is -0.288. The number of nitrogens with zero attached hydrogens (tertiary/aromatic N) is 1. The summed E-state index contributed by atoms with van der Waals surface area (Å²) in [5.41, 5.74) is 6.95. The fourth-order valence-electron chi connectivity index (χ4n) is 1.17. The molecule has 3 heteroatoms. The molecule has 0 radical (unpaired) electrons. The van der Waals surface area contributed by atoms with E-state index in [1.54, 1.807) is 19.5 Å². The second kappa shape index (κ2) is 4.53. The summed E-state index contributed by atoms with van der Waals surface area (Å²) in [5, 5.41) is 0. The zero-order valence-corrected chi connectivity index (χ0v) is 9.03. The minimum Gasteiger partial charge on any atom is -0.377 e. The molecule has 0 aliphatic heterocycles. The fourth-order valence-corrected chi connectivity index (χ4v) is 1.17. The second-order valence-electron chi connectivity index (χ2n) is 3.97. The maximum absolute atomic E-state index is 6.05. The van der Waals surface area contributed by atoms with Crippen LogP contribution in [0.5, 0.6) is 0 Å². The zero-order chi connectivity index (χ0) is 10.6. The molecule has 1 rings (SSSR count). The molecule has 0 aliphatic carbocycles. The molecule has 0 fully saturated rings. The maximum atomic E-state index is 6.05. The van der Waals surface area contributed by atoms with E-state index in [1.165, 1.54) is 5.56 Å². The summed E-state index contributed by atoms with van der Waals surface area (Å²) < 4.78 is 5.33. The summed E-state index contributed by atoms with van der Waals surface area (Å²) in [7, 11) is 1.69. The predicted octanol–water partition coefficient (Wildman–Crippen LogP) is 1.38. The van der Waals surface area contributed by atoms with Crippen molar-refractivity contribution in [2.45, 2.75) is 31.9 Å². The van der Waals surface area contributed by atoms with Gasteiger partial charge in [0.25, 0.3) is 0 Å². The van der Waals surface area contributed by atoms with Crippen LogP contribution in [0.4, 0.5) is 0 Å². The Morgan fingerprint density at radius 3 is 2.50 bits per heavy atom. The Kier molecular flexibility index (Phi) is 3.61. The average molecular weight is 194 g/mol. The molecule has 0 saturated carbocycles. The monoisotopic (exact) mass is 194 g/mol. The maximum Gasteiger partial charge on any atom is 0.0776 e. The molecule has 1 unspecified atom stereocenters. The lowest BCUT2D eigenvalue weighted by Gasteiger charge is -2.30.